The second kappa shape index (κ2) is 7.32. The summed E-state index contributed by atoms with van der Waals surface area (Å²) in [6.07, 6.45) is 1.38. The summed E-state index contributed by atoms with van der Waals surface area (Å²) >= 11 is 0. The Morgan fingerprint density at radius 3 is 2.39 bits per heavy atom. The van der Waals surface area contributed by atoms with E-state index in [0.717, 1.165) is 31.6 Å². The van der Waals surface area contributed by atoms with Crippen LogP contribution in [0, 0.1) is 5.92 Å². The van der Waals surface area contributed by atoms with Crippen molar-refractivity contribution >= 4 is 11.6 Å². The van der Waals surface area contributed by atoms with Crippen molar-refractivity contribution in [3.05, 3.63) is 29.8 Å². The minimum Gasteiger partial charge on any atom is -0.393 e. The van der Waals surface area contributed by atoms with Gasteiger partial charge in [0.15, 0.2) is 0 Å². The first-order valence-corrected chi connectivity index (χ1v) is 8.33. The summed E-state index contributed by atoms with van der Waals surface area (Å²) in [5.41, 5.74) is 0.748. The van der Waals surface area contributed by atoms with Crippen LogP contribution in [0.4, 0.5) is 5.69 Å². The molecule has 1 aliphatic rings. The Balaban J connectivity index is 1.92. The average molecular weight is 320 g/mol. The first-order valence-electron chi connectivity index (χ1n) is 8.33. The van der Waals surface area contributed by atoms with Gasteiger partial charge in [0.25, 0.3) is 5.91 Å². The standard InChI is InChI=1S/C18H28N2O3/c1-13(2)18(3,23)12-19-17(22)14-4-6-15(7-5-14)20-10-8-16(21)9-11-20/h4-7,13,16,21,23H,8-12H2,1-3H3,(H,19,22). The molecule has 1 saturated heterocycles. The van der Waals surface area contributed by atoms with Gasteiger partial charge in [0.05, 0.1) is 11.7 Å². The van der Waals surface area contributed by atoms with Crippen molar-refractivity contribution in [3.63, 3.8) is 0 Å². The van der Waals surface area contributed by atoms with E-state index in [2.05, 4.69) is 10.2 Å². The minimum atomic E-state index is -0.912. The van der Waals surface area contributed by atoms with Crippen LogP contribution in [0.5, 0.6) is 0 Å². The number of hydrogen-bond acceptors (Lipinski definition) is 4. The van der Waals surface area contributed by atoms with Crippen molar-refractivity contribution in [3.8, 4) is 0 Å². The van der Waals surface area contributed by atoms with Crippen molar-refractivity contribution < 1.29 is 15.0 Å². The summed E-state index contributed by atoms with van der Waals surface area (Å²) in [7, 11) is 0. The molecule has 1 fully saturated rings. The zero-order valence-corrected chi connectivity index (χ0v) is 14.2. The maximum absolute atomic E-state index is 12.2. The van der Waals surface area contributed by atoms with Gasteiger partial charge in [-0.05, 0) is 49.9 Å². The molecule has 5 heteroatoms. The lowest BCUT2D eigenvalue weighted by Crippen LogP contribution is -2.44. The number of amides is 1. The van der Waals surface area contributed by atoms with Crippen LogP contribution in [0.3, 0.4) is 0 Å². The smallest absolute Gasteiger partial charge is 0.251 e. The third-order valence-corrected chi connectivity index (χ3v) is 4.81. The molecule has 1 aromatic rings. The third kappa shape index (κ3) is 4.69. The summed E-state index contributed by atoms with van der Waals surface area (Å²) in [6.45, 7) is 7.49. The van der Waals surface area contributed by atoms with Gasteiger partial charge < -0.3 is 20.4 Å². The van der Waals surface area contributed by atoms with Crippen LogP contribution < -0.4 is 10.2 Å². The fourth-order valence-corrected chi connectivity index (χ4v) is 2.51. The van der Waals surface area contributed by atoms with Gasteiger partial charge in [-0.25, -0.2) is 0 Å². The van der Waals surface area contributed by atoms with Crippen LogP contribution >= 0.6 is 0 Å². The van der Waals surface area contributed by atoms with Gasteiger partial charge >= 0.3 is 0 Å². The number of aliphatic hydroxyl groups excluding tert-OH is 1. The molecule has 1 aromatic carbocycles. The highest BCUT2D eigenvalue weighted by Gasteiger charge is 2.25. The largest absolute Gasteiger partial charge is 0.393 e. The number of carbonyl (C=O) groups is 1. The van der Waals surface area contributed by atoms with E-state index >= 15 is 0 Å². The summed E-state index contributed by atoms with van der Waals surface area (Å²) in [4.78, 5) is 14.4. The molecule has 128 valence electrons. The molecular formula is C18H28N2O3. The van der Waals surface area contributed by atoms with Crippen molar-refractivity contribution in [2.75, 3.05) is 24.5 Å². The highest BCUT2D eigenvalue weighted by atomic mass is 16.3. The van der Waals surface area contributed by atoms with Gasteiger partial charge in [0.2, 0.25) is 0 Å². The maximum Gasteiger partial charge on any atom is 0.251 e. The van der Waals surface area contributed by atoms with Crippen molar-refractivity contribution in [1.29, 1.82) is 0 Å². The lowest BCUT2D eigenvalue weighted by molar-refractivity contribution is 0.0142. The predicted molar refractivity (Wildman–Crippen MR) is 91.7 cm³/mol. The van der Waals surface area contributed by atoms with Gasteiger partial charge in [0, 0.05) is 30.9 Å². The SMILES string of the molecule is CC(C)C(C)(O)CNC(=O)c1ccc(N2CCC(O)CC2)cc1. The normalized spacial score (nSPS) is 18.8. The van der Waals surface area contributed by atoms with Gasteiger partial charge in [-0.15, -0.1) is 0 Å². The van der Waals surface area contributed by atoms with Crippen LogP contribution in [0.2, 0.25) is 0 Å². The summed E-state index contributed by atoms with van der Waals surface area (Å²) in [5.74, 6) is -0.105. The first kappa shape index (κ1) is 17.8. The Labute approximate surface area is 138 Å². The van der Waals surface area contributed by atoms with Crippen LogP contribution in [0.15, 0.2) is 24.3 Å². The Bertz CT molecular complexity index is 518. The van der Waals surface area contributed by atoms with E-state index in [0.29, 0.717) is 5.56 Å². The van der Waals surface area contributed by atoms with E-state index in [9.17, 15) is 15.0 Å². The summed E-state index contributed by atoms with van der Waals surface area (Å²) in [6, 6.07) is 7.49. The van der Waals surface area contributed by atoms with E-state index in [1.165, 1.54) is 0 Å². The summed E-state index contributed by atoms with van der Waals surface area (Å²) in [5, 5.41) is 22.5. The molecule has 0 bridgehead atoms. The molecule has 0 aromatic heterocycles. The molecule has 0 spiro atoms. The van der Waals surface area contributed by atoms with Crippen molar-refractivity contribution in [2.45, 2.75) is 45.3 Å². The number of nitrogens with zero attached hydrogens (tertiary/aromatic N) is 1. The highest BCUT2D eigenvalue weighted by molar-refractivity contribution is 5.94. The average Bonchev–Trinajstić information content (AvgIpc) is 2.53. The number of aliphatic hydroxyl groups is 2. The fourth-order valence-electron chi connectivity index (χ4n) is 2.51. The van der Waals surface area contributed by atoms with Crippen molar-refractivity contribution in [1.82, 2.24) is 5.32 Å². The third-order valence-electron chi connectivity index (χ3n) is 4.81. The van der Waals surface area contributed by atoms with Crippen LogP contribution in [0.1, 0.15) is 44.0 Å². The van der Waals surface area contributed by atoms with Gasteiger partial charge in [-0.1, -0.05) is 13.8 Å². The van der Waals surface area contributed by atoms with Crippen LogP contribution in [0.25, 0.3) is 0 Å². The number of hydrogen-bond donors (Lipinski definition) is 3. The molecule has 3 N–H and O–H groups in total. The molecule has 2 rings (SSSR count). The number of carbonyl (C=O) groups excluding carboxylic acids is 1. The minimum absolute atomic E-state index is 0.0691. The van der Waals surface area contributed by atoms with Gasteiger partial charge in [-0.3, -0.25) is 4.79 Å². The molecule has 1 heterocycles. The molecule has 0 aliphatic carbocycles. The second-order valence-electron chi connectivity index (χ2n) is 6.96. The quantitative estimate of drug-likeness (QED) is 0.773. The van der Waals surface area contributed by atoms with E-state index in [4.69, 9.17) is 0 Å². The van der Waals surface area contributed by atoms with E-state index in [-0.39, 0.29) is 24.5 Å². The van der Waals surface area contributed by atoms with Crippen molar-refractivity contribution in [2.24, 2.45) is 5.92 Å². The molecular weight excluding hydrogens is 292 g/mol. The molecule has 0 saturated carbocycles. The van der Waals surface area contributed by atoms with Gasteiger partial charge in [0.1, 0.15) is 0 Å². The van der Waals surface area contributed by atoms with Crippen LogP contribution in [-0.4, -0.2) is 47.5 Å². The first-order chi connectivity index (χ1) is 10.8. The lowest BCUT2D eigenvalue weighted by Gasteiger charge is -2.31. The molecule has 23 heavy (non-hydrogen) atoms. The molecule has 1 atom stereocenters. The topological polar surface area (TPSA) is 72.8 Å². The Morgan fingerprint density at radius 1 is 1.30 bits per heavy atom. The zero-order chi connectivity index (χ0) is 17.0. The monoisotopic (exact) mass is 320 g/mol. The predicted octanol–water partition coefficient (Wildman–Crippen LogP) is 1.78. The molecule has 1 amide bonds. The van der Waals surface area contributed by atoms with E-state index < -0.39 is 5.60 Å². The van der Waals surface area contributed by atoms with Gasteiger partial charge in [-0.2, -0.15) is 0 Å². The number of piperidine rings is 1. The van der Waals surface area contributed by atoms with E-state index in [1.807, 2.05) is 26.0 Å². The molecule has 1 unspecified atom stereocenters. The maximum atomic E-state index is 12.2. The molecule has 1 aliphatic heterocycles. The zero-order valence-electron chi connectivity index (χ0n) is 14.2. The molecule has 5 nitrogen and oxygen atoms in total. The fraction of sp³-hybridized carbons (Fsp3) is 0.611. The second-order valence-corrected chi connectivity index (χ2v) is 6.96. The Morgan fingerprint density at radius 2 is 1.87 bits per heavy atom. The summed E-state index contributed by atoms with van der Waals surface area (Å²) < 4.78 is 0. The number of benzene rings is 1. The Hall–Kier alpha value is -1.59. The number of anilines is 1. The molecule has 0 radical (unpaired) electrons. The lowest BCUT2D eigenvalue weighted by atomic mass is 9.92. The Kier molecular flexibility index (Phi) is 5.65. The highest BCUT2D eigenvalue weighted by Crippen LogP contribution is 2.21. The number of rotatable bonds is 5. The van der Waals surface area contributed by atoms with E-state index in [1.54, 1.807) is 19.1 Å². The number of nitrogens with one attached hydrogen (secondary N) is 1. The van der Waals surface area contributed by atoms with Crippen LogP contribution in [-0.2, 0) is 0 Å².